The van der Waals surface area contributed by atoms with Gasteiger partial charge in [-0.05, 0) is 18.2 Å². The Kier molecular flexibility index (Phi) is 3.01. The van der Waals surface area contributed by atoms with Crippen LogP contribution < -0.4 is 0 Å². The average Bonchev–Trinajstić information content (AvgIpc) is 2.38. The Morgan fingerprint density at radius 3 is 2.28 bits per heavy atom. The summed E-state index contributed by atoms with van der Waals surface area (Å²) in [7, 11) is 0. The molecule has 2 rings (SSSR count). The second kappa shape index (κ2) is 4.62. The van der Waals surface area contributed by atoms with Crippen LogP contribution in [0.25, 0.3) is 11.4 Å². The molecule has 0 aliphatic carbocycles. The lowest BCUT2D eigenvalue weighted by atomic mass is 10.0. The van der Waals surface area contributed by atoms with Crippen molar-refractivity contribution in [1.29, 1.82) is 0 Å². The largest absolute Gasteiger partial charge is 0.478 e. The van der Waals surface area contributed by atoms with Crippen LogP contribution in [0.1, 0.15) is 20.7 Å². The van der Waals surface area contributed by atoms with E-state index in [1.807, 2.05) is 0 Å². The molecular formula is C12H8N2O4. The second-order valence-electron chi connectivity index (χ2n) is 3.41. The summed E-state index contributed by atoms with van der Waals surface area (Å²) in [5, 5.41) is 18.1. The van der Waals surface area contributed by atoms with Gasteiger partial charge in [-0.1, -0.05) is 6.07 Å². The number of carbonyl (C=O) groups is 2. The van der Waals surface area contributed by atoms with Gasteiger partial charge in [0.1, 0.15) is 11.3 Å². The fraction of sp³-hybridized carbons (Fsp3) is 0. The first-order valence-corrected chi connectivity index (χ1v) is 4.98. The van der Waals surface area contributed by atoms with Gasteiger partial charge < -0.3 is 10.2 Å². The molecule has 2 N–H and O–H groups in total. The van der Waals surface area contributed by atoms with Crippen molar-refractivity contribution in [2.75, 3.05) is 0 Å². The fourth-order valence-corrected chi connectivity index (χ4v) is 1.55. The number of rotatable bonds is 3. The number of pyridine rings is 2. The number of carboxylic acid groups (broad SMARTS) is 2. The van der Waals surface area contributed by atoms with E-state index in [1.54, 1.807) is 18.2 Å². The molecule has 2 heterocycles. The van der Waals surface area contributed by atoms with E-state index in [2.05, 4.69) is 9.97 Å². The van der Waals surface area contributed by atoms with Crippen LogP contribution in [-0.4, -0.2) is 32.1 Å². The van der Waals surface area contributed by atoms with E-state index >= 15 is 0 Å². The van der Waals surface area contributed by atoms with E-state index in [0.717, 1.165) is 6.07 Å². The molecule has 0 spiro atoms. The molecule has 0 bridgehead atoms. The predicted molar refractivity (Wildman–Crippen MR) is 61.4 cm³/mol. The van der Waals surface area contributed by atoms with Gasteiger partial charge in [0.15, 0.2) is 0 Å². The number of hydrogen-bond donors (Lipinski definition) is 2. The SMILES string of the molecule is O=C(O)c1ccnc(-c2ccccn2)c1C(=O)O. The van der Waals surface area contributed by atoms with Gasteiger partial charge in [0.05, 0.1) is 11.3 Å². The summed E-state index contributed by atoms with van der Waals surface area (Å²) in [6.07, 6.45) is 2.73. The van der Waals surface area contributed by atoms with Crippen molar-refractivity contribution in [3.05, 3.63) is 47.8 Å². The zero-order valence-corrected chi connectivity index (χ0v) is 9.07. The third-order valence-corrected chi connectivity index (χ3v) is 2.30. The lowest BCUT2D eigenvalue weighted by molar-refractivity contribution is 0.0651. The zero-order valence-electron chi connectivity index (χ0n) is 9.07. The fourth-order valence-electron chi connectivity index (χ4n) is 1.55. The summed E-state index contributed by atoms with van der Waals surface area (Å²) in [6, 6.07) is 6.06. The molecule has 6 heteroatoms. The highest BCUT2D eigenvalue weighted by molar-refractivity contribution is 6.05. The quantitative estimate of drug-likeness (QED) is 0.849. The van der Waals surface area contributed by atoms with Gasteiger partial charge in [-0.2, -0.15) is 0 Å². The number of aromatic nitrogens is 2. The van der Waals surface area contributed by atoms with E-state index in [9.17, 15) is 9.59 Å². The minimum absolute atomic E-state index is 0.0444. The molecule has 0 saturated carbocycles. The number of aromatic carboxylic acids is 2. The standard InChI is InChI=1S/C12H8N2O4/c15-11(16)7-4-6-14-10(9(7)12(17)18)8-3-1-2-5-13-8/h1-6H,(H,15,16)(H,17,18). The van der Waals surface area contributed by atoms with E-state index in [0.29, 0.717) is 5.69 Å². The maximum Gasteiger partial charge on any atom is 0.338 e. The summed E-state index contributed by atoms with van der Waals surface area (Å²) < 4.78 is 0. The van der Waals surface area contributed by atoms with E-state index < -0.39 is 11.9 Å². The van der Waals surface area contributed by atoms with Crippen molar-refractivity contribution >= 4 is 11.9 Å². The van der Waals surface area contributed by atoms with Gasteiger partial charge in [0, 0.05) is 12.4 Å². The Labute approximate surface area is 102 Å². The number of hydrogen-bond acceptors (Lipinski definition) is 4. The lowest BCUT2D eigenvalue weighted by Gasteiger charge is -2.06. The molecule has 0 unspecified atom stereocenters. The summed E-state index contributed by atoms with van der Waals surface area (Å²) in [6.45, 7) is 0. The molecule has 90 valence electrons. The Morgan fingerprint density at radius 1 is 0.944 bits per heavy atom. The van der Waals surface area contributed by atoms with Crippen LogP contribution >= 0.6 is 0 Å². The molecule has 6 nitrogen and oxygen atoms in total. The molecular weight excluding hydrogens is 236 g/mol. The van der Waals surface area contributed by atoms with Gasteiger partial charge >= 0.3 is 11.9 Å². The molecule has 2 aromatic rings. The van der Waals surface area contributed by atoms with Gasteiger partial charge in [-0.3, -0.25) is 9.97 Å². The van der Waals surface area contributed by atoms with E-state index in [4.69, 9.17) is 10.2 Å². The first kappa shape index (κ1) is 11.7. The van der Waals surface area contributed by atoms with Crippen molar-refractivity contribution in [3.8, 4) is 11.4 Å². The third-order valence-electron chi connectivity index (χ3n) is 2.30. The number of carboxylic acids is 2. The highest BCUT2D eigenvalue weighted by Crippen LogP contribution is 2.22. The van der Waals surface area contributed by atoms with Gasteiger partial charge in [-0.25, -0.2) is 9.59 Å². The molecule has 0 atom stereocenters. The van der Waals surface area contributed by atoms with Crippen LogP contribution in [0.5, 0.6) is 0 Å². The van der Waals surface area contributed by atoms with Crippen LogP contribution in [0.3, 0.4) is 0 Å². The average molecular weight is 244 g/mol. The first-order chi connectivity index (χ1) is 8.61. The maximum atomic E-state index is 11.2. The van der Waals surface area contributed by atoms with E-state index in [-0.39, 0.29) is 16.8 Å². The third kappa shape index (κ3) is 2.03. The molecule has 0 aromatic carbocycles. The molecule has 2 aromatic heterocycles. The number of nitrogens with zero attached hydrogens (tertiary/aromatic N) is 2. The smallest absolute Gasteiger partial charge is 0.338 e. The molecule has 0 amide bonds. The van der Waals surface area contributed by atoms with Gasteiger partial charge in [0.2, 0.25) is 0 Å². The lowest BCUT2D eigenvalue weighted by Crippen LogP contribution is -2.11. The van der Waals surface area contributed by atoms with Crippen molar-refractivity contribution in [2.24, 2.45) is 0 Å². The summed E-state index contributed by atoms with van der Waals surface area (Å²) in [5.41, 5.74) is -0.303. The minimum atomic E-state index is -1.35. The van der Waals surface area contributed by atoms with Crippen LogP contribution in [0.4, 0.5) is 0 Å². The van der Waals surface area contributed by atoms with Crippen molar-refractivity contribution < 1.29 is 19.8 Å². The Hall–Kier alpha value is -2.76. The highest BCUT2D eigenvalue weighted by atomic mass is 16.4. The molecule has 0 fully saturated rings. The summed E-state index contributed by atoms with van der Waals surface area (Å²) in [5.74, 6) is -2.66. The van der Waals surface area contributed by atoms with Crippen molar-refractivity contribution in [1.82, 2.24) is 9.97 Å². The summed E-state index contributed by atoms with van der Waals surface area (Å²) >= 11 is 0. The van der Waals surface area contributed by atoms with Crippen LogP contribution in [-0.2, 0) is 0 Å². The Balaban J connectivity index is 2.72. The monoisotopic (exact) mass is 244 g/mol. The Morgan fingerprint density at radius 2 is 1.72 bits per heavy atom. The molecule has 0 radical (unpaired) electrons. The highest BCUT2D eigenvalue weighted by Gasteiger charge is 2.22. The first-order valence-electron chi connectivity index (χ1n) is 4.98. The maximum absolute atomic E-state index is 11.2. The van der Waals surface area contributed by atoms with Gasteiger partial charge in [0.25, 0.3) is 0 Å². The molecule has 18 heavy (non-hydrogen) atoms. The molecule has 0 saturated heterocycles. The van der Waals surface area contributed by atoms with Crippen LogP contribution in [0.15, 0.2) is 36.7 Å². The Bertz CT molecular complexity index is 611. The second-order valence-corrected chi connectivity index (χ2v) is 3.41. The molecule has 0 aliphatic rings. The normalized spacial score (nSPS) is 10.0. The van der Waals surface area contributed by atoms with Crippen LogP contribution in [0, 0.1) is 0 Å². The van der Waals surface area contributed by atoms with Crippen molar-refractivity contribution in [2.45, 2.75) is 0 Å². The topological polar surface area (TPSA) is 100 Å². The van der Waals surface area contributed by atoms with E-state index in [1.165, 1.54) is 12.4 Å². The summed E-state index contributed by atoms with van der Waals surface area (Å²) in [4.78, 5) is 30.1. The van der Waals surface area contributed by atoms with Crippen molar-refractivity contribution in [3.63, 3.8) is 0 Å². The molecule has 0 aliphatic heterocycles. The predicted octanol–water partition coefficient (Wildman–Crippen LogP) is 1.54. The van der Waals surface area contributed by atoms with Crippen LogP contribution in [0.2, 0.25) is 0 Å². The minimum Gasteiger partial charge on any atom is -0.478 e. The zero-order chi connectivity index (χ0) is 13.1. The van der Waals surface area contributed by atoms with Gasteiger partial charge in [-0.15, -0.1) is 0 Å².